The van der Waals surface area contributed by atoms with Crippen molar-refractivity contribution < 1.29 is 14.1 Å². The first-order valence-corrected chi connectivity index (χ1v) is 8.63. The Morgan fingerprint density at radius 3 is 2.54 bits per heavy atom. The Labute approximate surface area is 154 Å². The number of hydrogen-bond acceptors (Lipinski definition) is 4. The third kappa shape index (κ3) is 3.94. The quantitative estimate of drug-likeness (QED) is 0.622. The highest BCUT2D eigenvalue weighted by Gasteiger charge is 2.22. The fourth-order valence-corrected chi connectivity index (χ4v) is 3.22. The molecule has 136 valence electrons. The zero-order valence-electron chi connectivity index (χ0n) is 13.9. The van der Waals surface area contributed by atoms with E-state index in [0.29, 0.717) is 5.69 Å². The lowest BCUT2D eigenvalue weighted by atomic mass is 10.1. The standard InChI is InChI=1S/C18H17ClFN3O3/c19-15-10-12(20)4-6-16(15)21-18(24)14-11-13(23(25)26)5-7-17(14)22-8-2-1-3-9-22/h4-7,10-11H,1-3,8-9H2,(H,21,24). The molecule has 6 nitrogen and oxygen atoms in total. The van der Waals surface area contributed by atoms with Crippen molar-refractivity contribution in [2.24, 2.45) is 0 Å². The van der Waals surface area contributed by atoms with Crippen LogP contribution in [-0.2, 0) is 0 Å². The summed E-state index contributed by atoms with van der Waals surface area (Å²) in [6, 6.07) is 7.89. The van der Waals surface area contributed by atoms with Gasteiger partial charge in [-0.1, -0.05) is 11.6 Å². The molecule has 1 amide bonds. The van der Waals surface area contributed by atoms with Gasteiger partial charge in [-0.05, 0) is 43.5 Å². The van der Waals surface area contributed by atoms with Gasteiger partial charge in [-0.15, -0.1) is 0 Å². The van der Waals surface area contributed by atoms with E-state index in [1.165, 1.54) is 24.3 Å². The van der Waals surface area contributed by atoms with Crippen LogP contribution in [-0.4, -0.2) is 23.9 Å². The Bertz CT molecular complexity index is 854. The first-order valence-electron chi connectivity index (χ1n) is 8.25. The fourth-order valence-electron chi connectivity index (χ4n) is 3.01. The van der Waals surface area contributed by atoms with E-state index < -0.39 is 16.6 Å². The minimum absolute atomic E-state index is 0.0586. The molecular weight excluding hydrogens is 361 g/mol. The van der Waals surface area contributed by atoms with Gasteiger partial charge in [0, 0.05) is 25.2 Å². The second kappa shape index (κ2) is 7.70. The minimum atomic E-state index is -0.540. The predicted octanol–water partition coefficient (Wildman–Crippen LogP) is 4.63. The lowest BCUT2D eigenvalue weighted by Crippen LogP contribution is -2.31. The third-order valence-corrected chi connectivity index (χ3v) is 4.62. The second-order valence-electron chi connectivity index (χ2n) is 6.08. The Kier molecular flexibility index (Phi) is 5.37. The number of nitro groups is 1. The number of nitro benzene ring substituents is 1. The number of benzene rings is 2. The number of nitrogens with one attached hydrogen (secondary N) is 1. The zero-order valence-corrected chi connectivity index (χ0v) is 14.6. The highest BCUT2D eigenvalue weighted by atomic mass is 35.5. The first-order chi connectivity index (χ1) is 12.5. The molecule has 0 spiro atoms. The molecular formula is C18H17ClFN3O3. The van der Waals surface area contributed by atoms with Crippen molar-refractivity contribution in [3.63, 3.8) is 0 Å². The van der Waals surface area contributed by atoms with Crippen molar-refractivity contribution in [2.75, 3.05) is 23.3 Å². The fraction of sp³-hybridized carbons (Fsp3) is 0.278. The van der Waals surface area contributed by atoms with Crippen LogP contribution in [0.25, 0.3) is 0 Å². The topological polar surface area (TPSA) is 75.5 Å². The van der Waals surface area contributed by atoms with Gasteiger partial charge in [0.2, 0.25) is 0 Å². The van der Waals surface area contributed by atoms with Crippen LogP contribution in [0.2, 0.25) is 5.02 Å². The van der Waals surface area contributed by atoms with Crippen molar-refractivity contribution >= 4 is 34.6 Å². The summed E-state index contributed by atoms with van der Waals surface area (Å²) in [5.41, 5.74) is 0.919. The van der Waals surface area contributed by atoms with Crippen LogP contribution in [0.3, 0.4) is 0 Å². The number of rotatable bonds is 4. The number of non-ortho nitro benzene ring substituents is 1. The Hall–Kier alpha value is -2.67. The van der Waals surface area contributed by atoms with E-state index in [1.807, 2.05) is 0 Å². The summed E-state index contributed by atoms with van der Waals surface area (Å²) in [4.78, 5) is 25.4. The number of carbonyl (C=O) groups is 1. The maximum atomic E-state index is 13.2. The van der Waals surface area contributed by atoms with E-state index in [-0.39, 0.29) is 22.0 Å². The number of anilines is 2. The van der Waals surface area contributed by atoms with E-state index >= 15 is 0 Å². The van der Waals surface area contributed by atoms with E-state index in [9.17, 15) is 19.3 Å². The van der Waals surface area contributed by atoms with Crippen molar-refractivity contribution in [3.8, 4) is 0 Å². The molecule has 8 heteroatoms. The summed E-state index contributed by atoms with van der Waals surface area (Å²) < 4.78 is 13.2. The van der Waals surface area contributed by atoms with E-state index in [1.54, 1.807) is 6.07 Å². The third-order valence-electron chi connectivity index (χ3n) is 4.31. The molecule has 1 fully saturated rings. The summed E-state index contributed by atoms with van der Waals surface area (Å²) in [6.45, 7) is 1.57. The molecule has 1 saturated heterocycles. The van der Waals surface area contributed by atoms with Crippen molar-refractivity contribution in [1.29, 1.82) is 0 Å². The molecule has 0 saturated carbocycles. The average molecular weight is 378 g/mol. The number of halogens is 2. The molecule has 0 aromatic heterocycles. The average Bonchev–Trinajstić information content (AvgIpc) is 2.64. The first kappa shape index (κ1) is 18.1. The molecule has 2 aromatic carbocycles. The molecule has 0 aliphatic carbocycles. The maximum absolute atomic E-state index is 13.2. The van der Waals surface area contributed by atoms with Gasteiger partial charge in [-0.2, -0.15) is 0 Å². The van der Waals surface area contributed by atoms with Crippen LogP contribution < -0.4 is 10.2 Å². The number of nitrogens with zero attached hydrogens (tertiary/aromatic N) is 2. The van der Waals surface area contributed by atoms with Crippen molar-refractivity contribution in [1.82, 2.24) is 0 Å². The van der Waals surface area contributed by atoms with Gasteiger partial charge in [0.25, 0.3) is 11.6 Å². The van der Waals surface area contributed by atoms with Gasteiger partial charge in [0.15, 0.2) is 0 Å². The van der Waals surface area contributed by atoms with Crippen molar-refractivity contribution in [3.05, 3.63) is 62.9 Å². The maximum Gasteiger partial charge on any atom is 0.270 e. The highest BCUT2D eigenvalue weighted by molar-refractivity contribution is 6.34. The van der Waals surface area contributed by atoms with Gasteiger partial charge in [-0.3, -0.25) is 14.9 Å². The monoisotopic (exact) mass is 377 g/mol. The lowest BCUT2D eigenvalue weighted by molar-refractivity contribution is -0.384. The molecule has 1 aliphatic heterocycles. The molecule has 2 aromatic rings. The molecule has 0 atom stereocenters. The van der Waals surface area contributed by atoms with Crippen LogP contribution in [0.15, 0.2) is 36.4 Å². The van der Waals surface area contributed by atoms with Crippen LogP contribution >= 0.6 is 11.6 Å². The Morgan fingerprint density at radius 2 is 1.88 bits per heavy atom. The number of carbonyl (C=O) groups excluding carboxylic acids is 1. The van der Waals surface area contributed by atoms with E-state index in [4.69, 9.17) is 11.6 Å². The van der Waals surface area contributed by atoms with Gasteiger partial charge in [-0.25, -0.2) is 4.39 Å². The summed E-state index contributed by atoms with van der Waals surface area (Å²) in [6.07, 6.45) is 3.12. The minimum Gasteiger partial charge on any atom is -0.371 e. The molecule has 0 unspecified atom stereocenters. The molecule has 1 aliphatic rings. The SMILES string of the molecule is O=C(Nc1ccc(F)cc1Cl)c1cc([N+](=O)[O-])ccc1N1CCCCC1. The van der Waals surface area contributed by atoms with Crippen LogP contribution in [0.5, 0.6) is 0 Å². The molecule has 26 heavy (non-hydrogen) atoms. The largest absolute Gasteiger partial charge is 0.371 e. The molecule has 1 heterocycles. The van der Waals surface area contributed by atoms with Crippen LogP contribution in [0.1, 0.15) is 29.6 Å². The molecule has 0 radical (unpaired) electrons. The Morgan fingerprint density at radius 1 is 1.15 bits per heavy atom. The van der Waals surface area contributed by atoms with Crippen molar-refractivity contribution in [2.45, 2.75) is 19.3 Å². The summed E-state index contributed by atoms with van der Waals surface area (Å²) in [5.74, 6) is -1.04. The Balaban J connectivity index is 1.95. The second-order valence-corrected chi connectivity index (χ2v) is 6.49. The van der Waals surface area contributed by atoms with Gasteiger partial charge >= 0.3 is 0 Å². The van der Waals surface area contributed by atoms with Crippen LogP contribution in [0.4, 0.5) is 21.5 Å². The van der Waals surface area contributed by atoms with Gasteiger partial charge < -0.3 is 10.2 Å². The molecule has 0 bridgehead atoms. The van der Waals surface area contributed by atoms with Gasteiger partial charge in [0.05, 0.1) is 26.9 Å². The highest BCUT2D eigenvalue weighted by Crippen LogP contribution is 2.30. The smallest absolute Gasteiger partial charge is 0.270 e. The normalized spacial score (nSPS) is 14.2. The summed E-state index contributed by atoms with van der Waals surface area (Å²) in [5, 5.41) is 13.8. The number of piperidine rings is 1. The lowest BCUT2D eigenvalue weighted by Gasteiger charge is -2.30. The molecule has 3 rings (SSSR count). The van der Waals surface area contributed by atoms with E-state index in [2.05, 4.69) is 10.2 Å². The van der Waals surface area contributed by atoms with Crippen LogP contribution in [0, 0.1) is 15.9 Å². The van der Waals surface area contributed by atoms with Gasteiger partial charge in [0.1, 0.15) is 5.82 Å². The predicted molar refractivity (Wildman–Crippen MR) is 98.5 cm³/mol. The summed E-state index contributed by atoms with van der Waals surface area (Å²) >= 11 is 5.96. The zero-order chi connectivity index (χ0) is 18.7. The number of hydrogen-bond donors (Lipinski definition) is 1. The summed E-state index contributed by atoms with van der Waals surface area (Å²) in [7, 11) is 0. The molecule has 1 N–H and O–H groups in total. The van der Waals surface area contributed by atoms with E-state index in [0.717, 1.165) is 38.4 Å². The number of amides is 1.